The molecule has 1 heterocycles. The van der Waals surface area contributed by atoms with E-state index in [1.807, 2.05) is 18.7 Å². The second-order valence-corrected chi connectivity index (χ2v) is 5.13. The van der Waals surface area contributed by atoms with Crippen LogP contribution < -0.4 is 11.3 Å². The lowest BCUT2D eigenvalue weighted by Gasteiger charge is -2.19. The molecule has 0 spiro atoms. The van der Waals surface area contributed by atoms with E-state index in [4.69, 9.17) is 5.84 Å². The highest BCUT2D eigenvalue weighted by atomic mass is 15.3. The van der Waals surface area contributed by atoms with Crippen LogP contribution in [0.1, 0.15) is 34.1 Å². The second-order valence-electron chi connectivity index (χ2n) is 5.13. The summed E-state index contributed by atoms with van der Waals surface area (Å²) < 4.78 is 1.90. The third-order valence-corrected chi connectivity index (χ3v) is 3.65. The first kappa shape index (κ1) is 13.8. The minimum atomic E-state index is 0.0750. The molecule has 1 unspecified atom stereocenters. The van der Waals surface area contributed by atoms with Crippen LogP contribution in [-0.2, 0) is 13.5 Å². The van der Waals surface area contributed by atoms with Gasteiger partial charge in [0.05, 0.1) is 17.4 Å². The maximum Gasteiger partial charge on any atom is 0.0669 e. The second kappa shape index (κ2) is 5.55. The molecule has 0 bridgehead atoms. The van der Waals surface area contributed by atoms with E-state index in [9.17, 15) is 0 Å². The number of aromatic nitrogens is 2. The highest BCUT2D eigenvalue weighted by molar-refractivity contribution is 5.35. The van der Waals surface area contributed by atoms with E-state index in [1.165, 1.54) is 16.7 Å². The summed E-state index contributed by atoms with van der Waals surface area (Å²) in [6.07, 6.45) is 0.869. The third-order valence-electron chi connectivity index (χ3n) is 3.65. The smallest absolute Gasteiger partial charge is 0.0669 e. The van der Waals surface area contributed by atoms with E-state index in [1.54, 1.807) is 0 Å². The van der Waals surface area contributed by atoms with Crippen LogP contribution in [0.4, 0.5) is 0 Å². The Hall–Kier alpha value is -1.65. The van der Waals surface area contributed by atoms with E-state index in [0.29, 0.717) is 0 Å². The van der Waals surface area contributed by atoms with Gasteiger partial charge in [-0.3, -0.25) is 16.0 Å². The molecule has 0 amide bonds. The first-order valence-corrected chi connectivity index (χ1v) is 6.54. The van der Waals surface area contributed by atoms with E-state index in [-0.39, 0.29) is 6.04 Å². The molecule has 0 saturated carbocycles. The summed E-state index contributed by atoms with van der Waals surface area (Å²) in [5.74, 6) is 5.74. The zero-order valence-corrected chi connectivity index (χ0v) is 12.1. The van der Waals surface area contributed by atoms with Crippen molar-refractivity contribution in [1.29, 1.82) is 0 Å². The maximum atomic E-state index is 5.74. The lowest BCUT2D eigenvalue weighted by Crippen LogP contribution is -2.31. The molecule has 0 aliphatic carbocycles. The molecule has 1 aromatic carbocycles. The van der Waals surface area contributed by atoms with E-state index < -0.39 is 0 Å². The standard InChI is InChI=1S/C15H22N4/c1-10-6-5-7-11(2)13(10)9-14(17-16)15-8-12(3)18-19(15)4/h5-8,14,17H,9,16H2,1-4H3. The van der Waals surface area contributed by atoms with Gasteiger partial charge in [-0.25, -0.2) is 0 Å². The summed E-state index contributed by atoms with van der Waals surface area (Å²) in [6, 6.07) is 8.53. The van der Waals surface area contributed by atoms with Crippen LogP contribution in [-0.4, -0.2) is 9.78 Å². The Bertz CT molecular complexity index is 551. The van der Waals surface area contributed by atoms with Crippen molar-refractivity contribution in [2.45, 2.75) is 33.2 Å². The quantitative estimate of drug-likeness (QED) is 0.652. The Kier molecular flexibility index (Phi) is 4.02. The van der Waals surface area contributed by atoms with Gasteiger partial charge in [0.15, 0.2) is 0 Å². The Morgan fingerprint density at radius 2 is 1.89 bits per heavy atom. The van der Waals surface area contributed by atoms with E-state index >= 15 is 0 Å². The largest absolute Gasteiger partial charge is 0.271 e. The van der Waals surface area contributed by atoms with Crippen molar-refractivity contribution in [3.05, 3.63) is 52.3 Å². The van der Waals surface area contributed by atoms with Gasteiger partial charge in [-0.2, -0.15) is 5.10 Å². The summed E-state index contributed by atoms with van der Waals surface area (Å²) >= 11 is 0. The van der Waals surface area contributed by atoms with Crippen molar-refractivity contribution in [3.8, 4) is 0 Å². The maximum absolute atomic E-state index is 5.74. The highest BCUT2D eigenvalue weighted by Gasteiger charge is 2.17. The molecule has 0 saturated heterocycles. The monoisotopic (exact) mass is 258 g/mol. The number of benzene rings is 1. The van der Waals surface area contributed by atoms with Crippen LogP contribution >= 0.6 is 0 Å². The van der Waals surface area contributed by atoms with Gasteiger partial charge in [0, 0.05) is 7.05 Å². The van der Waals surface area contributed by atoms with Crippen LogP contribution in [0.15, 0.2) is 24.3 Å². The SMILES string of the molecule is Cc1cc(C(Cc2c(C)cccc2C)NN)n(C)n1. The molecule has 102 valence electrons. The van der Waals surface area contributed by atoms with Gasteiger partial charge in [0.2, 0.25) is 0 Å². The molecule has 2 rings (SSSR count). The summed E-state index contributed by atoms with van der Waals surface area (Å²) in [4.78, 5) is 0. The van der Waals surface area contributed by atoms with Crippen molar-refractivity contribution in [2.24, 2.45) is 12.9 Å². The zero-order valence-electron chi connectivity index (χ0n) is 12.1. The van der Waals surface area contributed by atoms with Crippen LogP contribution in [0.25, 0.3) is 0 Å². The molecule has 4 heteroatoms. The molecule has 0 fully saturated rings. The third kappa shape index (κ3) is 2.85. The van der Waals surface area contributed by atoms with Gasteiger partial charge in [0.1, 0.15) is 0 Å². The fourth-order valence-corrected chi connectivity index (χ4v) is 2.58. The van der Waals surface area contributed by atoms with Crippen LogP contribution in [0.5, 0.6) is 0 Å². The molecule has 19 heavy (non-hydrogen) atoms. The van der Waals surface area contributed by atoms with Gasteiger partial charge in [-0.15, -0.1) is 0 Å². The summed E-state index contributed by atoms with van der Waals surface area (Å²) in [5.41, 5.74) is 9.00. The number of rotatable bonds is 4. The molecular weight excluding hydrogens is 236 g/mol. The van der Waals surface area contributed by atoms with Gasteiger partial charge in [-0.1, -0.05) is 18.2 Å². The molecule has 1 aromatic heterocycles. The highest BCUT2D eigenvalue weighted by Crippen LogP contribution is 2.22. The molecule has 0 aliphatic heterocycles. The van der Waals surface area contributed by atoms with E-state index in [0.717, 1.165) is 17.8 Å². The number of aryl methyl sites for hydroxylation is 4. The molecule has 4 nitrogen and oxygen atoms in total. The lowest BCUT2D eigenvalue weighted by atomic mass is 9.95. The lowest BCUT2D eigenvalue weighted by molar-refractivity contribution is 0.506. The Balaban J connectivity index is 2.32. The summed E-state index contributed by atoms with van der Waals surface area (Å²) in [7, 11) is 1.96. The Labute approximate surface area is 114 Å². The van der Waals surface area contributed by atoms with Crippen molar-refractivity contribution >= 4 is 0 Å². The van der Waals surface area contributed by atoms with E-state index in [2.05, 4.69) is 48.6 Å². The van der Waals surface area contributed by atoms with Gasteiger partial charge in [0.25, 0.3) is 0 Å². The number of hydrogen-bond acceptors (Lipinski definition) is 3. The van der Waals surface area contributed by atoms with Gasteiger partial charge in [-0.05, 0) is 49.9 Å². The first-order valence-electron chi connectivity index (χ1n) is 6.54. The minimum Gasteiger partial charge on any atom is -0.271 e. The Morgan fingerprint density at radius 1 is 1.26 bits per heavy atom. The molecule has 2 aromatic rings. The van der Waals surface area contributed by atoms with Crippen LogP contribution in [0, 0.1) is 20.8 Å². The molecular formula is C15H22N4. The number of hydrazine groups is 1. The number of hydrogen-bond donors (Lipinski definition) is 2. The minimum absolute atomic E-state index is 0.0750. The fraction of sp³-hybridized carbons (Fsp3) is 0.400. The summed E-state index contributed by atoms with van der Waals surface area (Å²) in [5, 5.41) is 4.39. The van der Waals surface area contributed by atoms with Crippen molar-refractivity contribution in [1.82, 2.24) is 15.2 Å². The average molecular weight is 258 g/mol. The first-order chi connectivity index (χ1) is 9.02. The van der Waals surface area contributed by atoms with Crippen LogP contribution in [0.3, 0.4) is 0 Å². The number of nitrogens with two attached hydrogens (primary N) is 1. The predicted molar refractivity (Wildman–Crippen MR) is 77.6 cm³/mol. The van der Waals surface area contributed by atoms with Crippen molar-refractivity contribution in [2.75, 3.05) is 0 Å². The average Bonchev–Trinajstić information content (AvgIpc) is 2.68. The van der Waals surface area contributed by atoms with Crippen LogP contribution in [0.2, 0.25) is 0 Å². The zero-order chi connectivity index (χ0) is 14.0. The van der Waals surface area contributed by atoms with Crippen molar-refractivity contribution < 1.29 is 0 Å². The van der Waals surface area contributed by atoms with Gasteiger partial charge < -0.3 is 0 Å². The summed E-state index contributed by atoms with van der Waals surface area (Å²) in [6.45, 7) is 6.28. The molecule has 0 aliphatic rings. The fourth-order valence-electron chi connectivity index (χ4n) is 2.58. The Morgan fingerprint density at radius 3 is 2.37 bits per heavy atom. The van der Waals surface area contributed by atoms with Crippen molar-refractivity contribution in [3.63, 3.8) is 0 Å². The molecule has 3 N–H and O–H groups in total. The molecule has 0 radical (unpaired) electrons. The normalized spacial score (nSPS) is 12.7. The number of nitrogens with zero attached hydrogens (tertiary/aromatic N) is 2. The predicted octanol–water partition coefficient (Wildman–Crippen LogP) is 2.09. The number of nitrogens with one attached hydrogen (secondary N) is 1. The molecule has 1 atom stereocenters. The topological polar surface area (TPSA) is 55.9 Å². The van der Waals surface area contributed by atoms with Gasteiger partial charge >= 0.3 is 0 Å².